The molecule has 88 valence electrons. The number of nitrogens with zero attached hydrogens (tertiary/aromatic N) is 3. The molecular weight excluding hydrogens is 214 g/mol. The van der Waals surface area contributed by atoms with Gasteiger partial charge in [-0.2, -0.15) is 5.10 Å². The number of rotatable bonds is 2. The van der Waals surface area contributed by atoms with Crippen LogP contribution in [0.15, 0.2) is 36.5 Å². The molecule has 0 bridgehead atoms. The molecule has 0 aliphatic rings. The summed E-state index contributed by atoms with van der Waals surface area (Å²) in [5, 5.41) is 4.08. The van der Waals surface area contributed by atoms with Crippen LogP contribution < -0.4 is 4.90 Å². The Hall–Kier alpha value is -2.10. The van der Waals surface area contributed by atoms with Crippen LogP contribution in [0.25, 0.3) is 0 Å². The Kier molecular flexibility index (Phi) is 2.95. The van der Waals surface area contributed by atoms with Gasteiger partial charge in [0.2, 0.25) is 0 Å². The van der Waals surface area contributed by atoms with E-state index in [0.717, 1.165) is 11.4 Å². The predicted molar refractivity (Wildman–Crippen MR) is 67.1 cm³/mol. The third-order valence-electron chi connectivity index (χ3n) is 2.91. The molecule has 0 aliphatic heterocycles. The van der Waals surface area contributed by atoms with E-state index in [0.29, 0.717) is 5.56 Å². The fraction of sp³-hybridized carbons (Fsp3) is 0.231. The first-order valence-electron chi connectivity index (χ1n) is 5.43. The fourth-order valence-corrected chi connectivity index (χ4v) is 1.66. The van der Waals surface area contributed by atoms with E-state index in [2.05, 4.69) is 5.10 Å². The largest absolute Gasteiger partial charge is 0.311 e. The van der Waals surface area contributed by atoms with Crippen molar-refractivity contribution in [2.45, 2.75) is 6.92 Å². The number of aromatic nitrogens is 2. The van der Waals surface area contributed by atoms with Crippen molar-refractivity contribution in [1.29, 1.82) is 0 Å². The number of aryl methyl sites for hydroxylation is 1. The van der Waals surface area contributed by atoms with Gasteiger partial charge in [0, 0.05) is 25.5 Å². The maximum Gasteiger partial charge on any atom is 0.261 e. The van der Waals surface area contributed by atoms with E-state index in [1.54, 1.807) is 22.8 Å². The lowest BCUT2D eigenvalue weighted by molar-refractivity contribution is 0.0992. The molecule has 0 saturated heterocycles. The van der Waals surface area contributed by atoms with Gasteiger partial charge in [-0.1, -0.05) is 18.2 Å². The van der Waals surface area contributed by atoms with Crippen LogP contribution in [0.4, 0.5) is 5.69 Å². The topological polar surface area (TPSA) is 38.1 Å². The van der Waals surface area contributed by atoms with E-state index in [4.69, 9.17) is 0 Å². The van der Waals surface area contributed by atoms with Gasteiger partial charge in [0.25, 0.3) is 5.91 Å². The van der Waals surface area contributed by atoms with Gasteiger partial charge in [0.15, 0.2) is 0 Å². The van der Waals surface area contributed by atoms with Crippen molar-refractivity contribution in [3.8, 4) is 0 Å². The smallest absolute Gasteiger partial charge is 0.261 e. The van der Waals surface area contributed by atoms with E-state index < -0.39 is 0 Å². The Labute approximate surface area is 100 Å². The second-order valence-corrected chi connectivity index (χ2v) is 3.97. The number of carbonyl (C=O) groups excluding carboxylic acids is 1. The average Bonchev–Trinajstić information content (AvgIpc) is 2.69. The molecule has 4 nitrogen and oxygen atoms in total. The minimum absolute atomic E-state index is 0.0400. The molecule has 4 heteroatoms. The van der Waals surface area contributed by atoms with Gasteiger partial charge < -0.3 is 4.90 Å². The van der Waals surface area contributed by atoms with Gasteiger partial charge in [-0.25, -0.2) is 0 Å². The lowest BCUT2D eigenvalue weighted by Crippen LogP contribution is -2.26. The number of hydrogen-bond acceptors (Lipinski definition) is 2. The van der Waals surface area contributed by atoms with Gasteiger partial charge in [0.05, 0.1) is 11.8 Å². The zero-order chi connectivity index (χ0) is 12.4. The highest BCUT2D eigenvalue weighted by atomic mass is 16.2. The fourth-order valence-electron chi connectivity index (χ4n) is 1.66. The number of para-hydroxylation sites is 1. The zero-order valence-corrected chi connectivity index (χ0v) is 10.2. The first kappa shape index (κ1) is 11.4. The molecule has 1 aromatic carbocycles. The molecule has 0 fully saturated rings. The van der Waals surface area contributed by atoms with Gasteiger partial charge in [-0.05, 0) is 19.1 Å². The highest BCUT2D eigenvalue weighted by Gasteiger charge is 2.17. The summed E-state index contributed by atoms with van der Waals surface area (Å²) in [6, 6.07) is 9.56. The Morgan fingerprint density at radius 2 is 1.94 bits per heavy atom. The van der Waals surface area contributed by atoms with Crippen molar-refractivity contribution in [3.05, 3.63) is 47.8 Å². The average molecular weight is 229 g/mol. The molecule has 2 aromatic rings. The van der Waals surface area contributed by atoms with Crippen LogP contribution in [-0.4, -0.2) is 22.7 Å². The van der Waals surface area contributed by atoms with Gasteiger partial charge in [-0.15, -0.1) is 0 Å². The summed E-state index contributed by atoms with van der Waals surface area (Å²) in [6.45, 7) is 1.89. The summed E-state index contributed by atoms with van der Waals surface area (Å²) >= 11 is 0. The van der Waals surface area contributed by atoms with Crippen LogP contribution in [0, 0.1) is 6.92 Å². The van der Waals surface area contributed by atoms with Crippen LogP contribution in [0.2, 0.25) is 0 Å². The monoisotopic (exact) mass is 229 g/mol. The Morgan fingerprint density at radius 3 is 2.47 bits per heavy atom. The maximum absolute atomic E-state index is 12.3. The highest BCUT2D eigenvalue weighted by Crippen LogP contribution is 2.16. The van der Waals surface area contributed by atoms with Crippen LogP contribution >= 0.6 is 0 Å². The molecule has 1 aromatic heterocycles. The third-order valence-corrected chi connectivity index (χ3v) is 2.91. The van der Waals surface area contributed by atoms with Crippen LogP contribution in [0.3, 0.4) is 0 Å². The Balaban J connectivity index is 2.30. The summed E-state index contributed by atoms with van der Waals surface area (Å²) < 4.78 is 1.70. The van der Waals surface area contributed by atoms with Crippen molar-refractivity contribution < 1.29 is 4.79 Å². The summed E-state index contributed by atoms with van der Waals surface area (Å²) in [7, 11) is 3.60. The summed E-state index contributed by atoms with van der Waals surface area (Å²) in [5.74, 6) is -0.0400. The van der Waals surface area contributed by atoms with Crippen LogP contribution in [0.1, 0.15) is 16.1 Å². The number of hydrogen-bond donors (Lipinski definition) is 0. The van der Waals surface area contributed by atoms with Crippen molar-refractivity contribution >= 4 is 11.6 Å². The molecule has 0 N–H and O–H groups in total. The third kappa shape index (κ3) is 2.06. The van der Waals surface area contributed by atoms with Crippen molar-refractivity contribution in [2.24, 2.45) is 7.05 Å². The first-order valence-corrected chi connectivity index (χ1v) is 5.43. The lowest BCUT2D eigenvalue weighted by atomic mass is 10.2. The molecule has 0 unspecified atom stereocenters. The Bertz CT molecular complexity index is 531. The normalized spacial score (nSPS) is 10.3. The minimum Gasteiger partial charge on any atom is -0.311 e. The van der Waals surface area contributed by atoms with Gasteiger partial charge >= 0.3 is 0 Å². The van der Waals surface area contributed by atoms with Crippen molar-refractivity contribution in [3.63, 3.8) is 0 Å². The van der Waals surface area contributed by atoms with E-state index in [1.165, 1.54) is 0 Å². The Morgan fingerprint density at radius 1 is 1.29 bits per heavy atom. The quantitative estimate of drug-likeness (QED) is 0.790. The number of amides is 1. The van der Waals surface area contributed by atoms with Gasteiger partial charge in [0.1, 0.15) is 0 Å². The molecule has 1 heterocycles. The first-order chi connectivity index (χ1) is 8.11. The molecular formula is C13H15N3O. The summed E-state index contributed by atoms with van der Waals surface area (Å²) in [6.07, 6.45) is 1.61. The number of carbonyl (C=O) groups is 1. The lowest BCUT2D eigenvalue weighted by Gasteiger charge is -2.16. The van der Waals surface area contributed by atoms with Crippen LogP contribution in [-0.2, 0) is 7.05 Å². The molecule has 17 heavy (non-hydrogen) atoms. The highest BCUT2D eigenvalue weighted by molar-refractivity contribution is 6.06. The molecule has 0 radical (unpaired) electrons. The van der Waals surface area contributed by atoms with Crippen molar-refractivity contribution in [2.75, 3.05) is 11.9 Å². The minimum atomic E-state index is -0.0400. The van der Waals surface area contributed by atoms with E-state index in [1.807, 2.05) is 44.3 Å². The standard InChI is InChI=1S/C13H15N3O/c1-10-12(9-14-16(10)3)13(17)15(2)11-7-5-4-6-8-11/h4-9H,1-3H3. The zero-order valence-electron chi connectivity index (χ0n) is 10.2. The van der Waals surface area contributed by atoms with E-state index in [-0.39, 0.29) is 5.91 Å². The molecule has 2 rings (SSSR count). The number of anilines is 1. The molecule has 0 aliphatic carbocycles. The summed E-state index contributed by atoms with van der Waals surface area (Å²) in [4.78, 5) is 13.9. The number of benzene rings is 1. The second kappa shape index (κ2) is 4.41. The SMILES string of the molecule is Cc1c(C(=O)N(C)c2ccccc2)cnn1C. The second-order valence-electron chi connectivity index (χ2n) is 3.97. The van der Waals surface area contributed by atoms with Gasteiger partial charge in [-0.3, -0.25) is 9.48 Å². The van der Waals surface area contributed by atoms with E-state index in [9.17, 15) is 4.79 Å². The maximum atomic E-state index is 12.3. The van der Waals surface area contributed by atoms with Crippen molar-refractivity contribution in [1.82, 2.24) is 9.78 Å². The molecule has 0 atom stereocenters. The van der Waals surface area contributed by atoms with Crippen LogP contribution in [0.5, 0.6) is 0 Å². The molecule has 0 saturated carbocycles. The molecule has 0 spiro atoms. The van der Waals surface area contributed by atoms with E-state index >= 15 is 0 Å². The predicted octanol–water partition coefficient (Wildman–Crippen LogP) is 2.01. The molecule has 1 amide bonds. The summed E-state index contributed by atoms with van der Waals surface area (Å²) in [5.41, 5.74) is 2.39.